The highest BCUT2D eigenvalue weighted by Crippen LogP contribution is 2.39. The lowest BCUT2D eigenvalue weighted by molar-refractivity contribution is -0.905. The number of quaternary nitrogens is 1. The van der Waals surface area contributed by atoms with Crippen molar-refractivity contribution < 1.29 is 4.48 Å². The maximum Gasteiger partial charge on any atom is 0.102 e. The summed E-state index contributed by atoms with van der Waals surface area (Å²) in [7, 11) is 2.36. The fourth-order valence-electron chi connectivity index (χ4n) is 2.19. The number of hydrogen-bond acceptors (Lipinski definition) is 0. The van der Waals surface area contributed by atoms with Gasteiger partial charge in [-0.25, -0.2) is 0 Å². The number of hydrogen-bond donors (Lipinski definition) is 0. The second kappa shape index (κ2) is 3.83. The summed E-state index contributed by atoms with van der Waals surface area (Å²) in [5.74, 6) is 0. The van der Waals surface area contributed by atoms with Crippen LogP contribution in [-0.4, -0.2) is 23.6 Å². The molecule has 0 aliphatic heterocycles. The molecule has 0 aromatic carbocycles. The van der Waals surface area contributed by atoms with Gasteiger partial charge in [-0.3, -0.25) is 4.48 Å². The van der Waals surface area contributed by atoms with Crippen molar-refractivity contribution in [2.24, 2.45) is 0 Å². The molecule has 1 atom stereocenters. The first-order chi connectivity index (χ1) is 6.03. The zero-order chi connectivity index (χ0) is 10.1. The van der Waals surface area contributed by atoms with Crippen molar-refractivity contribution in [3.8, 4) is 0 Å². The summed E-state index contributed by atoms with van der Waals surface area (Å²) < 4.78 is 1.12. The molecule has 1 aliphatic rings. The van der Waals surface area contributed by atoms with E-state index in [0.29, 0.717) is 6.04 Å². The summed E-state index contributed by atoms with van der Waals surface area (Å²) in [6.45, 7) is 11.1. The highest BCUT2D eigenvalue weighted by Gasteiger charge is 2.45. The zero-order valence-electron chi connectivity index (χ0n) is 9.64. The van der Waals surface area contributed by atoms with E-state index in [0.717, 1.165) is 10.5 Å². The van der Waals surface area contributed by atoms with Crippen LogP contribution < -0.4 is 0 Å². The molecule has 0 aromatic rings. The Bertz CT molecular complexity index is 187. The Hall–Kier alpha value is -0.300. The molecule has 1 heteroatoms. The quantitative estimate of drug-likeness (QED) is 0.572. The second-order valence-electron chi connectivity index (χ2n) is 4.79. The van der Waals surface area contributed by atoms with Crippen LogP contribution in [-0.2, 0) is 0 Å². The van der Waals surface area contributed by atoms with E-state index >= 15 is 0 Å². The zero-order valence-corrected chi connectivity index (χ0v) is 9.64. The Balaban J connectivity index is 2.71. The molecule has 0 amide bonds. The summed E-state index contributed by atoms with van der Waals surface area (Å²) in [4.78, 5) is 0. The van der Waals surface area contributed by atoms with Gasteiger partial charge in [0.1, 0.15) is 5.70 Å². The first-order valence-corrected chi connectivity index (χ1v) is 5.57. The van der Waals surface area contributed by atoms with Gasteiger partial charge in [0.15, 0.2) is 0 Å². The van der Waals surface area contributed by atoms with Gasteiger partial charge in [0.25, 0.3) is 0 Å². The van der Waals surface area contributed by atoms with Crippen LogP contribution in [0.25, 0.3) is 0 Å². The summed E-state index contributed by atoms with van der Waals surface area (Å²) in [6.07, 6.45) is 5.21. The van der Waals surface area contributed by atoms with E-state index in [2.05, 4.69) is 34.4 Å². The largest absolute Gasteiger partial charge is 0.293 e. The minimum Gasteiger partial charge on any atom is -0.293 e. The SMILES string of the molecule is C=C(CCC)[N+](C)(C(C)C)C1CC1. The monoisotopic (exact) mass is 182 g/mol. The third-order valence-corrected chi connectivity index (χ3v) is 3.60. The Labute approximate surface area is 83.0 Å². The van der Waals surface area contributed by atoms with Crippen molar-refractivity contribution in [2.75, 3.05) is 7.05 Å². The maximum atomic E-state index is 4.27. The van der Waals surface area contributed by atoms with Crippen molar-refractivity contribution in [1.82, 2.24) is 0 Å². The van der Waals surface area contributed by atoms with Gasteiger partial charge in [-0.2, -0.15) is 0 Å². The average molecular weight is 182 g/mol. The van der Waals surface area contributed by atoms with Crippen LogP contribution in [0, 0.1) is 0 Å². The molecule has 1 unspecified atom stereocenters. The summed E-state index contributed by atoms with van der Waals surface area (Å²) >= 11 is 0. The highest BCUT2D eigenvalue weighted by atomic mass is 15.4. The number of rotatable bonds is 5. The topological polar surface area (TPSA) is 0 Å². The predicted octanol–water partition coefficient (Wildman–Crippen LogP) is 3.32. The van der Waals surface area contributed by atoms with Crippen molar-refractivity contribution in [2.45, 2.75) is 58.5 Å². The van der Waals surface area contributed by atoms with E-state index in [-0.39, 0.29) is 0 Å². The Morgan fingerprint density at radius 3 is 2.31 bits per heavy atom. The summed E-state index contributed by atoms with van der Waals surface area (Å²) in [5, 5.41) is 0. The molecule has 76 valence electrons. The van der Waals surface area contributed by atoms with E-state index in [1.807, 2.05) is 0 Å². The third-order valence-electron chi connectivity index (χ3n) is 3.60. The first-order valence-electron chi connectivity index (χ1n) is 5.57. The molecule has 0 bridgehead atoms. The summed E-state index contributed by atoms with van der Waals surface area (Å²) in [6, 6.07) is 1.56. The van der Waals surface area contributed by atoms with Crippen LogP contribution in [0.3, 0.4) is 0 Å². The van der Waals surface area contributed by atoms with Gasteiger partial charge in [-0.15, -0.1) is 0 Å². The smallest absolute Gasteiger partial charge is 0.102 e. The van der Waals surface area contributed by atoms with Crippen molar-refractivity contribution in [3.05, 3.63) is 12.3 Å². The van der Waals surface area contributed by atoms with Crippen molar-refractivity contribution >= 4 is 0 Å². The molecule has 0 aromatic heterocycles. The Morgan fingerprint density at radius 1 is 1.46 bits per heavy atom. The van der Waals surface area contributed by atoms with Crippen molar-refractivity contribution in [1.29, 1.82) is 0 Å². The fourth-order valence-corrected chi connectivity index (χ4v) is 2.19. The van der Waals surface area contributed by atoms with Gasteiger partial charge in [0, 0.05) is 19.3 Å². The molecule has 1 saturated carbocycles. The van der Waals surface area contributed by atoms with Gasteiger partial charge in [0.2, 0.25) is 0 Å². The van der Waals surface area contributed by atoms with Gasteiger partial charge < -0.3 is 0 Å². The molecule has 0 radical (unpaired) electrons. The summed E-state index contributed by atoms with van der Waals surface area (Å²) in [5.41, 5.74) is 1.43. The second-order valence-corrected chi connectivity index (χ2v) is 4.79. The first kappa shape index (κ1) is 10.8. The van der Waals surface area contributed by atoms with Gasteiger partial charge in [-0.1, -0.05) is 6.92 Å². The standard InChI is InChI=1S/C12H24N/c1-6-7-11(4)13(5,10(2)3)12-8-9-12/h10,12H,4,6-9H2,1-3,5H3/q+1. The van der Waals surface area contributed by atoms with Crippen LogP contribution >= 0.6 is 0 Å². The lowest BCUT2D eigenvalue weighted by Gasteiger charge is -2.40. The Morgan fingerprint density at radius 2 is 2.00 bits per heavy atom. The maximum absolute atomic E-state index is 4.27. The van der Waals surface area contributed by atoms with E-state index in [4.69, 9.17) is 0 Å². The van der Waals surface area contributed by atoms with Crippen LogP contribution in [0.1, 0.15) is 46.5 Å². The minimum absolute atomic E-state index is 0.687. The molecule has 1 aliphatic carbocycles. The van der Waals surface area contributed by atoms with Gasteiger partial charge >= 0.3 is 0 Å². The lowest BCUT2D eigenvalue weighted by atomic mass is 10.1. The molecule has 1 nitrogen and oxygen atoms in total. The third kappa shape index (κ3) is 1.96. The molecule has 1 fully saturated rings. The van der Waals surface area contributed by atoms with Gasteiger partial charge in [0.05, 0.1) is 19.1 Å². The van der Waals surface area contributed by atoms with E-state index in [9.17, 15) is 0 Å². The van der Waals surface area contributed by atoms with E-state index in [1.165, 1.54) is 31.4 Å². The van der Waals surface area contributed by atoms with E-state index < -0.39 is 0 Å². The molecule has 0 saturated heterocycles. The minimum atomic E-state index is 0.687. The normalized spacial score (nSPS) is 21.6. The van der Waals surface area contributed by atoms with Crippen molar-refractivity contribution in [3.63, 3.8) is 0 Å². The Kier molecular flexibility index (Phi) is 3.18. The average Bonchev–Trinajstić information content (AvgIpc) is 2.85. The van der Waals surface area contributed by atoms with Crippen LogP contribution in [0.2, 0.25) is 0 Å². The van der Waals surface area contributed by atoms with Crippen LogP contribution in [0.4, 0.5) is 0 Å². The number of allylic oxidation sites excluding steroid dienone is 1. The van der Waals surface area contributed by atoms with Gasteiger partial charge in [-0.05, 0) is 26.8 Å². The van der Waals surface area contributed by atoms with E-state index in [1.54, 1.807) is 0 Å². The van der Waals surface area contributed by atoms with Crippen LogP contribution in [0.15, 0.2) is 12.3 Å². The molecule has 1 rings (SSSR count). The van der Waals surface area contributed by atoms with Crippen LogP contribution in [0.5, 0.6) is 0 Å². The molecular weight excluding hydrogens is 158 g/mol. The lowest BCUT2D eigenvalue weighted by Crippen LogP contribution is -2.50. The predicted molar refractivity (Wildman–Crippen MR) is 58.4 cm³/mol. The molecule has 13 heavy (non-hydrogen) atoms. The number of nitrogens with zero attached hydrogens (tertiary/aromatic N) is 1. The molecule has 0 N–H and O–H groups in total. The molecule has 0 heterocycles. The molecule has 0 spiro atoms. The fraction of sp³-hybridized carbons (Fsp3) is 0.833. The highest BCUT2D eigenvalue weighted by molar-refractivity contribution is 4.90. The molecular formula is C12H24N+.